The van der Waals surface area contributed by atoms with Gasteiger partial charge in [-0.3, -0.25) is 4.79 Å². The van der Waals surface area contributed by atoms with Gasteiger partial charge in [-0.15, -0.1) is 11.8 Å². The fourth-order valence-corrected chi connectivity index (χ4v) is 3.37. The zero-order chi connectivity index (χ0) is 13.9. The minimum absolute atomic E-state index is 0.0377. The predicted octanol–water partition coefficient (Wildman–Crippen LogP) is 2.29. The van der Waals surface area contributed by atoms with E-state index in [1.807, 2.05) is 13.0 Å². The number of carboxylic acids is 1. The molecule has 2 N–H and O–H groups in total. The molecule has 1 aromatic rings. The van der Waals surface area contributed by atoms with Crippen molar-refractivity contribution in [3.63, 3.8) is 0 Å². The molecule has 1 aromatic carbocycles. The van der Waals surface area contributed by atoms with Gasteiger partial charge >= 0.3 is 5.97 Å². The van der Waals surface area contributed by atoms with Gasteiger partial charge in [0.15, 0.2) is 0 Å². The molecule has 102 valence electrons. The Morgan fingerprint density at radius 2 is 2.26 bits per heavy atom. The van der Waals surface area contributed by atoms with E-state index >= 15 is 0 Å². The van der Waals surface area contributed by atoms with Crippen LogP contribution in [-0.4, -0.2) is 27.5 Å². The molecule has 0 aliphatic carbocycles. The maximum absolute atomic E-state index is 12.1. The maximum Gasteiger partial charge on any atom is 0.335 e. The fourth-order valence-electron chi connectivity index (χ4n) is 2.14. The molecule has 4 nitrogen and oxygen atoms in total. The van der Waals surface area contributed by atoms with Crippen molar-refractivity contribution in [2.75, 3.05) is 5.75 Å². The number of carbonyl (C=O) groups is 2. The topological polar surface area (TPSA) is 66.4 Å². The van der Waals surface area contributed by atoms with Gasteiger partial charge in [-0.1, -0.05) is 12.1 Å². The van der Waals surface area contributed by atoms with Gasteiger partial charge in [-0.25, -0.2) is 4.79 Å². The number of nitrogens with one attached hydrogen (secondary N) is 1. The molecule has 0 saturated carbocycles. The van der Waals surface area contributed by atoms with Crippen molar-refractivity contribution in [3.8, 4) is 0 Å². The molecule has 0 bridgehead atoms. The lowest BCUT2D eigenvalue weighted by Crippen LogP contribution is -2.39. The molecule has 5 heteroatoms. The van der Waals surface area contributed by atoms with E-state index in [0.29, 0.717) is 6.54 Å². The number of aromatic carboxylic acids is 1. The summed E-state index contributed by atoms with van der Waals surface area (Å²) in [4.78, 5) is 23.0. The quantitative estimate of drug-likeness (QED) is 0.887. The SMILES string of the molecule is CC1(C(=O)NCc2cccc(C(=O)O)c2)CCCS1. The number of amides is 1. The molecule has 2 rings (SSSR count). The first kappa shape index (κ1) is 13.9. The summed E-state index contributed by atoms with van der Waals surface area (Å²) >= 11 is 1.69. The number of carboxylic acid groups (broad SMARTS) is 1. The fraction of sp³-hybridized carbons (Fsp3) is 0.429. The second-order valence-electron chi connectivity index (χ2n) is 4.87. The van der Waals surface area contributed by atoms with E-state index in [0.717, 1.165) is 24.2 Å². The summed E-state index contributed by atoms with van der Waals surface area (Å²) < 4.78 is -0.329. The molecular weight excluding hydrogens is 262 g/mol. The lowest BCUT2D eigenvalue weighted by Gasteiger charge is -2.21. The van der Waals surface area contributed by atoms with E-state index in [1.54, 1.807) is 30.0 Å². The van der Waals surface area contributed by atoms with E-state index in [1.165, 1.54) is 0 Å². The van der Waals surface area contributed by atoms with Crippen LogP contribution < -0.4 is 5.32 Å². The first-order valence-electron chi connectivity index (χ1n) is 6.26. The van der Waals surface area contributed by atoms with Crippen LogP contribution in [0.15, 0.2) is 24.3 Å². The minimum Gasteiger partial charge on any atom is -0.478 e. The minimum atomic E-state index is -0.952. The van der Waals surface area contributed by atoms with E-state index in [9.17, 15) is 9.59 Å². The van der Waals surface area contributed by atoms with Crippen LogP contribution in [0.5, 0.6) is 0 Å². The second-order valence-corrected chi connectivity index (χ2v) is 6.47. The monoisotopic (exact) mass is 279 g/mol. The van der Waals surface area contributed by atoms with Crippen LogP contribution in [0, 0.1) is 0 Å². The average Bonchev–Trinajstić information content (AvgIpc) is 2.84. The van der Waals surface area contributed by atoms with Crippen LogP contribution in [0.25, 0.3) is 0 Å². The average molecular weight is 279 g/mol. The first-order valence-corrected chi connectivity index (χ1v) is 7.24. The van der Waals surface area contributed by atoms with Crippen molar-refractivity contribution >= 4 is 23.6 Å². The standard InChI is InChI=1S/C14H17NO3S/c1-14(6-3-7-19-14)13(18)15-9-10-4-2-5-11(8-10)12(16)17/h2,4-5,8H,3,6-7,9H2,1H3,(H,15,18)(H,16,17). The Bertz CT molecular complexity index is 495. The highest BCUT2D eigenvalue weighted by Gasteiger charge is 2.36. The molecular formula is C14H17NO3S. The third kappa shape index (κ3) is 3.29. The molecule has 1 heterocycles. The van der Waals surface area contributed by atoms with Crippen LogP contribution in [0.1, 0.15) is 35.7 Å². The molecule has 0 aromatic heterocycles. The Kier molecular flexibility index (Phi) is 4.14. The number of hydrogen-bond acceptors (Lipinski definition) is 3. The molecule has 1 fully saturated rings. The van der Waals surface area contributed by atoms with Gasteiger partial charge in [0.25, 0.3) is 0 Å². The molecule has 1 atom stereocenters. The van der Waals surface area contributed by atoms with Crippen LogP contribution >= 0.6 is 11.8 Å². The molecule has 19 heavy (non-hydrogen) atoms. The molecule has 1 aliphatic rings. The van der Waals surface area contributed by atoms with Crippen molar-refractivity contribution < 1.29 is 14.7 Å². The van der Waals surface area contributed by atoms with Gasteiger partial charge < -0.3 is 10.4 Å². The number of benzene rings is 1. The molecule has 1 saturated heterocycles. The van der Waals surface area contributed by atoms with Gasteiger partial charge in [0.1, 0.15) is 0 Å². The summed E-state index contributed by atoms with van der Waals surface area (Å²) in [5, 5.41) is 11.8. The highest BCUT2D eigenvalue weighted by molar-refractivity contribution is 8.01. The zero-order valence-electron chi connectivity index (χ0n) is 10.8. The number of rotatable bonds is 4. The lowest BCUT2D eigenvalue weighted by molar-refractivity contribution is -0.123. The maximum atomic E-state index is 12.1. The summed E-state index contributed by atoms with van der Waals surface area (Å²) in [5.41, 5.74) is 1.05. The third-order valence-corrected chi connectivity index (χ3v) is 4.85. The Labute approximate surface area is 116 Å². The van der Waals surface area contributed by atoms with Crippen molar-refractivity contribution in [1.82, 2.24) is 5.32 Å². The molecule has 1 unspecified atom stereocenters. The van der Waals surface area contributed by atoms with E-state index in [4.69, 9.17) is 5.11 Å². The number of hydrogen-bond donors (Lipinski definition) is 2. The van der Waals surface area contributed by atoms with Crippen molar-refractivity contribution in [3.05, 3.63) is 35.4 Å². The highest BCUT2D eigenvalue weighted by Crippen LogP contribution is 2.37. The Hall–Kier alpha value is -1.49. The number of thioether (sulfide) groups is 1. The summed E-state index contributed by atoms with van der Waals surface area (Å²) in [6, 6.07) is 6.64. The van der Waals surface area contributed by atoms with Gasteiger partial charge in [0, 0.05) is 6.54 Å². The van der Waals surface area contributed by atoms with E-state index in [-0.39, 0.29) is 16.2 Å². The van der Waals surface area contributed by atoms with Gasteiger partial charge in [-0.05, 0) is 43.2 Å². The molecule has 1 aliphatic heterocycles. The van der Waals surface area contributed by atoms with E-state index < -0.39 is 5.97 Å². The van der Waals surface area contributed by atoms with Crippen molar-refractivity contribution in [1.29, 1.82) is 0 Å². The Balaban J connectivity index is 1.97. The second kappa shape index (κ2) is 5.65. The van der Waals surface area contributed by atoms with Crippen molar-refractivity contribution in [2.24, 2.45) is 0 Å². The smallest absolute Gasteiger partial charge is 0.335 e. The van der Waals surface area contributed by atoms with Crippen molar-refractivity contribution in [2.45, 2.75) is 31.1 Å². The zero-order valence-corrected chi connectivity index (χ0v) is 11.6. The molecule has 1 amide bonds. The van der Waals surface area contributed by atoms with Crippen LogP contribution in [0.4, 0.5) is 0 Å². The van der Waals surface area contributed by atoms with Gasteiger partial charge in [0.2, 0.25) is 5.91 Å². The number of carbonyl (C=O) groups excluding carboxylic acids is 1. The third-order valence-electron chi connectivity index (χ3n) is 3.33. The largest absolute Gasteiger partial charge is 0.478 e. The van der Waals surface area contributed by atoms with Crippen LogP contribution in [-0.2, 0) is 11.3 Å². The summed E-state index contributed by atoms with van der Waals surface area (Å²) in [6.45, 7) is 2.34. The lowest BCUT2D eigenvalue weighted by atomic mass is 10.0. The molecule has 0 spiro atoms. The summed E-state index contributed by atoms with van der Waals surface area (Å²) in [5.74, 6) is 0.112. The Morgan fingerprint density at radius 1 is 1.47 bits per heavy atom. The summed E-state index contributed by atoms with van der Waals surface area (Å²) in [7, 11) is 0. The van der Waals surface area contributed by atoms with Gasteiger partial charge in [-0.2, -0.15) is 0 Å². The summed E-state index contributed by atoms with van der Waals surface area (Å²) in [6.07, 6.45) is 1.97. The van der Waals surface area contributed by atoms with E-state index in [2.05, 4.69) is 5.32 Å². The highest BCUT2D eigenvalue weighted by atomic mass is 32.2. The Morgan fingerprint density at radius 3 is 2.89 bits per heavy atom. The van der Waals surface area contributed by atoms with Crippen LogP contribution in [0.2, 0.25) is 0 Å². The normalized spacial score (nSPS) is 22.2. The predicted molar refractivity (Wildman–Crippen MR) is 75.3 cm³/mol. The first-order chi connectivity index (χ1) is 9.01. The van der Waals surface area contributed by atoms with Gasteiger partial charge in [0.05, 0.1) is 10.3 Å². The molecule has 0 radical (unpaired) electrons. The van der Waals surface area contributed by atoms with Crippen LogP contribution in [0.3, 0.4) is 0 Å².